The summed E-state index contributed by atoms with van der Waals surface area (Å²) in [5.74, 6) is 0. The van der Waals surface area contributed by atoms with E-state index in [4.69, 9.17) is 0 Å². The molecule has 19 heavy (non-hydrogen) atoms. The summed E-state index contributed by atoms with van der Waals surface area (Å²) in [6.07, 6.45) is 1.92. The summed E-state index contributed by atoms with van der Waals surface area (Å²) in [6, 6.07) is 2.20. The van der Waals surface area contributed by atoms with Crippen LogP contribution in [-0.2, 0) is 6.54 Å². The lowest BCUT2D eigenvalue weighted by atomic mass is 10.2. The van der Waals surface area contributed by atoms with Crippen molar-refractivity contribution in [1.82, 2.24) is 15.4 Å². The molecule has 1 aromatic rings. The first-order valence-corrected chi connectivity index (χ1v) is 7.26. The molecule has 0 spiro atoms. The van der Waals surface area contributed by atoms with E-state index in [1.54, 1.807) is 11.8 Å². The topological polar surface area (TPSA) is 41.4 Å². The van der Waals surface area contributed by atoms with E-state index in [9.17, 15) is 0 Å². The molecule has 4 nitrogen and oxygen atoms in total. The second kappa shape index (κ2) is 6.02. The molecule has 1 aliphatic heterocycles. The van der Waals surface area contributed by atoms with Crippen LogP contribution < -0.4 is 10.9 Å². The Hall–Kier alpha value is -1.62. The molecule has 0 saturated heterocycles. The summed E-state index contributed by atoms with van der Waals surface area (Å²) in [6.45, 7) is 11.7. The molecule has 0 amide bonds. The van der Waals surface area contributed by atoms with Gasteiger partial charge >= 0.3 is 0 Å². The minimum Gasteiger partial charge on any atom is -0.345 e. The average Bonchev–Trinajstić information content (AvgIpc) is 2.69. The maximum atomic E-state index is 4.33. The number of hydrogen-bond acceptors (Lipinski definition) is 3. The average molecular weight is 276 g/mol. The van der Waals surface area contributed by atoms with Crippen molar-refractivity contribution in [3.05, 3.63) is 41.1 Å². The lowest BCUT2D eigenvalue weighted by molar-refractivity contribution is 0.765. The van der Waals surface area contributed by atoms with E-state index < -0.39 is 0 Å². The van der Waals surface area contributed by atoms with Crippen LogP contribution in [0.3, 0.4) is 0 Å². The van der Waals surface area contributed by atoms with Crippen molar-refractivity contribution >= 4 is 22.6 Å². The highest BCUT2D eigenvalue weighted by Crippen LogP contribution is 2.25. The minimum absolute atomic E-state index is 0.786. The van der Waals surface area contributed by atoms with Crippen LogP contribution >= 0.6 is 11.8 Å². The number of aromatic nitrogens is 1. The van der Waals surface area contributed by atoms with Gasteiger partial charge in [0.05, 0.1) is 5.70 Å². The third kappa shape index (κ3) is 2.87. The highest BCUT2D eigenvalue weighted by Gasteiger charge is 2.15. The van der Waals surface area contributed by atoms with Crippen molar-refractivity contribution in [3.63, 3.8) is 0 Å². The number of nitrogens with zero attached hydrogens (tertiary/aromatic N) is 2. The zero-order chi connectivity index (χ0) is 13.8. The van der Waals surface area contributed by atoms with Crippen molar-refractivity contribution in [2.24, 2.45) is 4.99 Å². The third-order valence-electron chi connectivity index (χ3n) is 3.07. The summed E-state index contributed by atoms with van der Waals surface area (Å²) >= 11 is 1.61. The Morgan fingerprint density at radius 3 is 2.79 bits per heavy atom. The van der Waals surface area contributed by atoms with Gasteiger partial charge < -0.3 is 4.57 Å². The predicted molar refractivity (Wildman–Crippen MR) is 83.9 cm³/mol. The number of aliphatic imine (C=N–C) groups is 1. The summed E-state index contributed by atoms with van der Waals surface area (Å²) in [4.78, 5) is 4.33. The van der Waals surface area contributed by atoms with Crippen LogP contribution in [0.15, 0.2) is 29.1 Å². The van der Waals surface area contributed by atoms with E-state index in [0.717, 1.165) is 24.0 Å². The number of hydrogen-bond donors (Lipinski definition) is 2. The van der Waals surface area contributed by atoms with Gasteiger partial charge in [-0.1, -0.05) is 17.8 Å². The maximum absolute atomic E-state index is 4.33. The number of allylic oxidation sites excluding steroid dienone is 1. The van der Waals surface area contributed by atoms with Crippen LogP contribution in [0, 0.1) is 13.8 Å². The highest BCUT2D eigenvalue weighted by atomic mass is 32.2. The molecule has 0 unspecified atom stereocenters. The quantitative estimate of drug-likeness (QED) is 0.831. The normalized spacial score (nSPS) is 16.8. The van der Waals surface area contributed by atoms with Crippen LogP contribution in [0.2, 0.25) is 0 Å². The Morgan fingerprint density at radius 1 is 1.42 bits per heavy atom. The molecule has 2 rings (SSSR count). The van der Waals surface area contributed by atoms with Gasteiger partial charge in [0.15, 0.2) is 5.17 Å². The van der Waals surface area contributed by atoms with Crippen molar-refractivity contribution in [3.8, 4) is 0 Å². The summed E-state index contributed by atoms with van der Waals surface area (Å²) in [5, 5.41) is 3.01. The molecule has 5 heteroatoms. The van der Waals surface area contributed by atoms with Crippen LogP contribution in [-0.4, -0.2) is 16.3 Å². The third-order valence-corrected chi connectivity index (χ3v) is 3.88. The molecule has 0 aliphatic carbocycles. The smallest absolute Gasteiger partial charge is 0.179 e. The van der Waals surface area contributed by atoms with E-state index in [0.29, 0.717) is 0 Å². The molecule has 1 aliphatic rings. The lowest BCUT2D eigenvalue weighted by Gasteiger charge is -2.19. The Bertz CT molecular complexity index is 540. The molecular formula is C14H20N4S. The largest absolute Gasteiger partial charge is 0.345 e. The number of thioether (sulfide) groups is 1. The van der Waals surface area contributed by atoms with Gasteiger partial charge in [0, 0.05) is 35.4 Å². The van der Waals surface area contributed by atoms with Crippen LogP contribution in [0.4, 0.5) is 0 Å². The van der Waals surface area contributed by atoms with Crippen LogP contribution in [0.1, 0.15) is 23.9 Å². The number of rotatable bonds is 4. The van der Waals surface area contributed by atoms with E-state index in [1.165, 1.54) is 17.0 Å². The van der Waals surface area contributed by atoms with E-state index in [-0.39, 0.29) is 0 Å². The molecule has 0 atom stereocenters. The monoisotopic (exact) mass is 276 g/mol. The molecule has 0 radical (unpaired) electrons. The molecule has 0 fully saturated rings. The van der Waals surface area contributed by atoms with Crippen molar-refractivity contribution in [1.29, 1.82) is 0 Å². The second-order valence-electron chi connectivity index (χ2n) is 4.36. The molecule has 1 aromatic heterocycles. The van der Waals surface area contributed by atoms with E-state index in [2.05, 4.69) is 52.3 Å². The molecule has 0 saturated carbocycles. The predicted octanol–water partition coefficient (Wildman–Crippen LogP) is 2.81. The van der Waals surface area contributed by atoms with Gasteiger partial charge in [-0.25, -0.2) is 0 Å². The minimum atomic E-state index is 0.786. The molecule has 102 valence electrons. The van der Waals surface area contributed by atoms with Crippen molar-refractivity contribution < 1.29 is 0 Å². The standard InChI is InChI=1S/C14H20N4S/c1-5-7-18-10(3)8-12(11(18)4)13-9-19-14(15-6-2)17-16-13/h5,8-9,16H,1,6-7H2,2-4H3,(H,15,17). The molecule has 0 aromatic carbocycles. The van der Waals surface area contributed by atoms with Gasteiger partial charge in [-0.2, -0.15) is 0 Å². The first-order chi connectivity index (χ1) is 9.17. The zero-order valence-electron chi connectivity index (χ0n) is 11.7. The Kier molecular flexibility index (Phi) is 4.37. The molecule has 2 N–H and O–H groups in total. The van der Waals surface area contributed by atoms with Gasteiger partial charge in [-0.3, -0.25) is 15.8 Å². The summed E-state index contributed by atoms with van der Waals surface area (Å²) < 4.78 is 2.26. The van der Waals surface area contributed by atoms with E-state index in [1.807, 2.05) is 13.0 Å². The number of nitrogens with one attached hydrogen (secondary N) is 2. The van der Waals surface area contributed by atoms with Crippen LogP contribution in [0.25, 0.3) is 5.70 Å². The molecule has 0 bridgehead atoms. The Morgan fingerprint density at radius 2 is 2.21 bits per heavy atom. The fourth-order valence-electron chi connectivity index (χ4n) is 2.13. The second-order valence-corrected chi connectivity index (χ2v) is 5.22. The fourth-order valence-corrected chi connectivity index (χ4v) is 2.86. The van der Waals surface area contributed by atoms with Gasteiger partial charge in [-0.15, -0.1) is 6.58 Å². The Labute approximate surface area is 118 Å². The summed E-state index contributed by atoms with van der Waals surface area (Å²) in [5.41, 5.74) is 11.1. The van der Waals surface area contributed by atoms with Gasteiger partial charge in [0.1, 0.15) is 0 Å². The van der Waals surface area contributed by atoms with E-state index >= 15 is 0 Å². The zero-order valence-corrected chi connectivity index (χ0v) is 12.5. The van der Waals surface area contributed by atoms with Gasteiger partial charge in [0.2, 0.25) is 0 Å². The van der Waals surface area contributed by atoms with Gasteiger partial charge in [-0.05, 0) is 26.8 Å². The Balaban J connectivity index is 2.26. The van der Waals surface area contributed by atoms with Gasteiger partial charge in [0.25, 0.3) is 0 Å². The maximum Gasteiger partial charge on any atom is 0.179 e. The number of aryl methyl sites for hydroxylation is 1. The summed E-state index contributed by atoms with van der Waals surface area (Å²) in [7, 11) is 0. The highest BCUT2D eigenvalue weighted by molar-refractivity contribution is 8.16. The number of hydrazine groups is 1. The molecular weight excluding hydrogens is 256 g/mol. The first-order valence-electron chi connectivity index (χ1n) is 6.38. The van der Waals surface area contributed by atoms with Crippen molar-refractivity contribution in [2.75, 3.05) is 6.54 Å². The number of amidine groups is 1. The van der Waals surface area contributed by atoms with Crippen LogP contribution in [0.5, 0.6) is 0 Å². The van der Waals surface area contributed by atoms with Crippen molar-refractivity contribution in [2.45, 2.75) is 27.3 Å². The molecule has 2 heterocycles. The fraction of sp³-hybridized carbons (Fsp3) is 0.357. The first kappa shape index (κ1) is 13.8. The lowest BCUT2D eigenvalue weighted by Crippen LogP contribution is -2.37. The SMILES string of the molecule is C=CCn1c(C)cc(C2=CSC(=NCC)NN2)c1C.